The first kappa shape index (κ1) is 17.4. The van der Waals surface area contributed by atoms with Gasteiger partial charge in [-0.2, -0.15) is 5.10 Å². The van der Waals surface area contributed by atoms with Crippen LogP contribution in [0.25, 0.3) is 11.3 Å². The Bertz CT molecular complexity index is 723. The van der Waals surface area contributed by atoms with Crippen LogP contribution in [0.15, 0.2) is 30.3 Å². The van der Waals surface area contributed by atoms with E-state index in [-0.39, 0.29) is 5.91 Å². The normalized spacial score (nSPS) is 15.1. The third-order valence-corrected chi connectivity index (χ3v) is 4.30. The lowest BCUT2D eigenvalue weighted by molar-refractivity contribution is 0.0383. The molecule has 1 aliphatic rings. The fraction of sp³-hybridized carbons (Fsp3) is 0.444. The maximum Gasteiger partial charge on any atom is 0.271 e. The molecule has 0 radical (unpaired) electrons. The zero-order valence-electron chi connectivity index (χ0n) is 14.7. The first-order valence-corrected chi connectivity index (χ1v) is 8.44. The van der Waals surface area contributed by atoms with E-state index < -0.39 is 0 Å². The molecule has 7 nitrogen and oxygen atoms in total. The van der Waals surface area contributed by atoms with Crippen LogP contribution in [0.2, 0.25) is 0 Å². The maximum atomic E-state index is 12.4. The van der Waals surface area contributed by atoms with Crippen molar-refractivity contribution in [3.63, 3.8) is 0 Å². The summed E-state index contributed by atoms with van der Waals surface area (Å²) in [6, 6.07) is 9.51. The van der Waals surface area contributed by atoms with Crippen molar-refractivity contribution in [3.8, 4) is 17.0 Å². The van der Waals surface area contributed by atoms with Crippen molar-refractivity contribution in [1.29, 1.82) is 0 Å². The average molecular weight is 344 g/mol. The van der Waals surface area contributed by atoms with Crippen molar-refractivity contribution in [3.05, 3.63) is 36.0 Å². The predicted molar refractivity (Wildman–Crippen MR) is 94.8 cm³/mol. The number of aryl methyl sites for hydroxylation is 1. The Labute approximate surface area is 147 Å². The van der Waals surface area contributed by atoms with E-state index >= 15 is 0 Å². The van der Waals surface area contributed by atoms with E-state index in [9.17, 15) is 4.79 Å². The number of morpholine rings is 1. The van der Waals surface area contributed by atoms with Gasteiger partial charge in [0.15, 0.2) is 5.69 Å². The molecule has 1 N–H and O–H groups in total. The fourth-order valence-electron chi connectivity index (χ4n) is 2.87. The summed E-state index contributed by atoms with van der Waals surface area (Å²) in [6.07, 6.45) is 0. The van der Waals surface area contributed by atoms with Crippen LogP contribution in [-0.4, -0.2) is 67.1 Å². The van der Waals surface area contributed by atoms with Crippen molar-refractivity contribution in [2.75, 3.05) is 46.5 Å². The minimum absolute atomic E-state index is 0.155. The fourth-order valence-corrected chi connectivity index (χ4v) is 2.87. The van der Waals surface area contributed by atoms with Gasteiger partial charge in [0.05, 0.1) is 26.0 Å². The summed E-state index contributed by atoms with van der Waals surface area (Å²) in [6.45, 7) is 4.78. The van der Waals surface area contributed by atoms with Crippen LogP contribution < -0.4 is 10.1 Å². The van der Waals surface area contributed by atoms with Gasteiger partial charge in [-0.1, -0.05) is 12.1 Å². The highest BCUT2D eigenvalue weighted by atomic mass is 16.5. The largest absolute Gasteiger partial charge is 0.497 e. The molecule has 0 unspecified atom stereocenters. The number of ether oxygens (including phenoxy) is 2. The summed E-state index contributed by atoms with van der Waals surface area (Å²) in [7, 11) is 3.47. The standard InChI is InChI=1S/C18H24N4O3/c1-21-17(14-4-3-5-15(12-14)24-2)13-16(20-21)18(23)19-6-7-22-8-10-25-11-9-22/h3-5,12-13H,6-11H2,1-2H3,(H,19,23). The summed E-state index contributed by atoms with van der Waals surface area (Å²) in [4.78, 5) is 14.6. The van der Waals surface area contributed by atoms with Gasteiger partial charge in [-0.05, 0) is 18.2 Å². The summed E-state index contributed by atoms with van der Waals surface area (Å²) < 4.78 is 12.3. The van der Waals surface area contributed by atoms with Crippen LogP contribution in [0.5, 0.6) is 5.75 Å². The van der Waals surface area contributed by atoms with Gasteiger partial charge >= 0.3 is 0 Å². The minimum atomic E-state index is -0.155. The molecule has 0 saturated carbocycles. The Balaban J connectivity index is 1.61. The van der Waals surface area contributed by atoms with E-state index in [4.69, 9.17) is 9.47 Å². The SMILES string of the molecule is COc1cccc(-c2cc(C(=O)NCCN3CCOCC3)nn2C)c1. The molecule has 2 aromatic rings. The van der Waals surface area contributed by atoms with Gasteiger partial charge in [-0.15, -0.1) is 0 Å². The zero-order valence-corrected chi connectivity index (χ0v) is 14.7. The number of aromatic nitrogens is 2. The second-order valence-corrected chi connectivity index (χ2v) is 5.98. The van der Waals surface area contributed by atoms with Crippen molar-refractivity contribution < 1.29 is 14.3 Å². The summed E-state index contributed by atoms with van der Waals surface area (Å²) in [5.41, 5.74) is 2.25. The predicted octanol–water partition coefficient (Wildman–Crippen LogP) is 1.16. The smallest absolute Gasteiger partial charge is 0.271 e. The van der Waals surface area contributed by atoms with Crippen molar-refractivity contribution in [2.45, 2.75) is 0 Å². The number of methoxy groups -OCH3 is 1. The van der Waals surface area contributed by atoms with Crippen LogP contribution in [-0.2, 0) is 11.8 Å². The molecule has 7 heteroatoms. The number of carbonyl (C=O) groups excluding carboxylic acids is 1. The molecule has 1 aromatic carbocycles. The van der Waals surface area contributed by atoms with Gasteiger partial charge in [0.1, 0.15) is 5.75 Å². The van der Waals surface area contributed by atoms with Gasteiger partial charge < -0.3 is 14.8 Å². The van der Waals surface area contributed by atoms with Crippen LogP contribution in [0.1, 0.15) is 10.5 Å². The first-order chi connectivity index (χ1) is 12.2. The third-order valence-electron chi connectivity index (χ3n) is 4.30. The highest BCUT2D eigenvalue weighted by Gasteiger charge is 2.15. The quantitative estimate of drug-likeness (QED) is 0.852. The van der Waals surface area contributed by atoms with Gasteiger partial charge in [0, 0.05) is 38.8 Å². The van der Waals surface area contributed by atoms with E-state index in [0.29, 0.717) is 12.2 Å². The van der Waals surface area contributed by atoms with Crippen LogP contribution in [0, 0.1) is 0 Å². The molecule has 0 spiro atoms. The van der Waals surface area contributed by atoms with Crippen molar-refractivity contribution >= 4 is 5.91 Å². The van der Waals surface area contributed by atoms with E-state index in [1.165, 1.54) is 0 Å². The lowest BCUT2D eigenvalue weighted by Gasteiger charge is -2.26. The molecule has 0 atom stereocenters. The Morgan fingerprint density at radius 3 is 2.88 bits per heavy atom. The van der Waals surface area contributed by atoms with Gasteiger partial charge in [-0.25, -0.2) is 0 Å². The third kappa shape index (κ3) is 4.37. The van der Waals surface area contributed by atoms with E-state index in [1.54, 1.807) is 17.9 Å². The highest BCUT2D eigenvalue weighted by molar-refractivity contribution is 5.93. The number of amides is 1. The van der Waals surface area contributed by atoms with E-state index in [0.717, 1.165) is 49.9 Å². The molecule has 0 bridgehead atoms. The molecule has 3 rings (SSSR count). The number of carbonyl (C=O) groups is 1. The van der Waals surface area contributed by atoms with Crippen LogP contribution in [0.4, 0.5) is 0 Å². The van der Waals surface area contributed by atoms with Crippen molar-refractivity contribution in [2.24, 2.45) is 7.05 Å². The number of nitrogens with zero attached hydrogens (tertiary/aromatic N) is 3. The van der Waals surface area contributed by atoms with Crippen LogP contribution >= 0.6 is 0 Å². The first-order valence-electron chi connectivity index (χ1n) is 8.44. The van der Waals surface area contributed by atoms with Gasteiger partial charge in [0.2, 0.25) is 0 Å². The lowest BCUT2D eigenvalue weighted by atomic mass is 10.1. The average Bonchev–Trinajstić information content (AvgIpc) is 3.04. The number of rotatable bonds is 6. The Hall–Kier alpha value is -2.38. The molecule has 1 aliphatic heterocycles. The monoisotopic (exact) mass is 344 g/mol. The lowest BCUT2D eigenvalue weighted by Crippen LogP contribution is -2.41. The second kappa shape index (κ2) is 8.13. The molecule has 1 saturated heterocycles. The molecule has 1 amide bonds. The molecular weight excluding hydrogens is 320 g/mol. The van der Waals surface area contributed by atoms with E-state index in [2.05, 4.69) is 15.3 Å². The van der Waals surface area contributed by atoms with Crippen LogP contribution in [0.3, 0.4) is 0 Å². The summed E-state index contributed by atoms with van der Waals surface area (Å²) in [5.74, 6) is 0.619. The molecule has 0 aliphatic carbocycles. The molecule has 1 fully saturated rings. The summed E-state index contributed by atoms with van der Waals surface area (Å²) >= 11 is 0. The minimum Gasteiger partial charge on any atom is -0.497 e. The number of hydrogen-bond donors (Lipinski definition) is 1. The highest BCUT2D eigenvalue weighted by Crippen LogP contribution is 2.24. The van der Waals surface area contributed by atoms with Crippen molar-refractivity contribution in [1.82, 2.24) is 20.0 Å². The molecule has 1 aromatic heterocycles. The molecular formula is C18H24N4O3. The Morgan fingerprint density at radius 1 is 1.32 bits per heavy atom. The molecule has 25 heavy (non-hydrogen) atoms. The number of nitrogens with one attached hydrogen (secondary N) is 1. The number of hydrogen-bond acceptors (Lipinski definition) is 5. The maximum absolute atomic E-state index is 12.4. The second-order valence-electron chi connectivity index (χ2n) is 5.98. The molecule has 2 heterocycles. The molecule has 134 valence electrons. The zero-order chi connectivity index (χ0) is 17.6. The Kier molecular flexibility index (Phi) is 5.67. The van der Waals surface area contributed by atoms with E-state index in [1.807, 2.05) is 31.3 Å². The topological polar surface area (TPSA) is 68.6 Å². The van der Waals surface area contributed by atoms with Gasteiger partial charge in [-0.3, -0.25) is 14.4 Å². The summed E-state index contributed by atoms with van der Waals surface area (Å²) in [5, 5.41) is 7.28. The number of benzene rings is 1. The van der Waals surface area contributed by atoms with Gasteiger partial charge in [0.25, 0.3) is 5.91 Å². The Morgan fingerprint density at radius 2 is 2.12 bits per heavy atom.